The first-order chi connectivity index (χ1) is 19.0. The van der Waals surface area contributed by atoms with E-state index >= 15 is 0 Å². The second kappa shape index (κ2) is 13.5. The van der Waals surface area contributed by atoms with Crippen molar-refractivity contribution in [2.75, 3.05) is 44.5 Å². The fraction of sp³-hybridized carbons (Fsp3) is 0.167. The first-order valence-corrected chi connectivity index (χ1v) is 13.4. The summed E-state index contributed by atoms with van der Waals surface area (Å²) in [6, 6.07) is 27.8. The van der Waals surface area contributed by atoms with E-state index in [1.54, 1.807) is 38.5 Å². The van der Waals surface area contributed by atoms with Crippen LogP contribution in [-0.2, 0) is 11.4 Å². The second-order valence-electron chi connectivity index (χ2n) is 8.43. The minimum absolute atomic E-state index is 0.204. The molecule has 8 nitrogen and oxygen atoms in total. The van der Waals surface area contributed by atoms with Gasteiger partial charge in [-0.2, -0.15) is 0 Å². The average molecular weight is 546 g/mol. The molecule has 39 heavy (non-hydrogen) atoms. The highest BCUT2D eigenvalue weighted by Crippen LogP contribution is 2.32. The Morgan fingerprint density at radius 2 is 1.49 bits per heavy atom. The standard InChI is InChI=1S/C30H31N3O5S/c1-36-25-11-6-8-21(18-25)22-14-15-28(38-3)29(19-22)39(35)33-24-10-7-9-23(20-24)31-16-17-32-30(34)26-12-4-5-13-27(26)37-2/h4-15,18-20,31,33H,16-17H2,1-3H3,(H,32,34). The lowest BCUT2D eigenvalue weighted by Gasteiger charge is -2.16. The van der Waals surface area contributed by atoms with Crippen LogP contribution in [0.3, 0.4) is 0 Å². The molecule has 0 saturated heterocycles. The molecule has 4 rings (SSSR count). The SMILES string of the molecule is COc1cccc(-c2ccc(OC)c([S+]([O-])Nc3cccc(NCCNC(=O)c4ccccc4OC)c3)c2)c1. The summed E-state index contributed by atoms with van der Waals surface area (Å²) in [6.45, 7) is 0.915. The fourth-order valence-electron chi connectivity index (χ4n) is 3.97. The molecular weight excluding hydrogens is 514 g/mol. The molecule has 1 atom stereocenters. The lowest BCUT2D eigenvalue weighted by molar-refractivity contribution is 0.0952. The molecule has 0 saturated carbocycles. The van der Waals surface area contributed by atoms with Crippen LogP contribution < -0.4 is 29.6 Å². The van der Waals surface area contributed by atoms with Gasteiger partial charge in [0.2, 0.25) is 4.90 Å². The number of hydrogen-bond donors (Lipinski definition) is 3. The normalized spacial score (nSPS) is 11.3. The number of benzene rings is 4. The Bertz CT molecular complexity index is 1410. The first-order valence-electron chi connectivity index (χ1n) is 12.3. The predicted molar refractivity (Wildman–Crippen MR) is 155 cm³/mol. The van der Waals surface area contributed by atoms with Crippen molar-refractivity contribution in [1.82, 2.24) is 5.32 Å². The smallest absolute Gasteiger partial charge is 0.255 e. The number of anilines is 2. The molecule has 202 valence electrons. The monoisotopic (exact) mass is 545 g/mol. The number of hydrogen-bond acceptors (Lipinski definition) is 7. The Hall–Kier alpha value is -4.34. The summed E-state index contributed by atoms with van der Waals surface area (Å²) in [5, 5.41) is 6.16. The molecule has 3 N–H and O–H groups in total. The van der Waals surface area contributed by atoms with Crippen LogP contribution in [0.1, 0.15) is 10.4 Å². The van der Waals surface area contributed by atoms with E-state index in [1.807, 2.05) is 66.7 Å². The molecule has 0 aliphatic heterocycles. The van der Waals surface area contributed by atoms with Crippen molar-refractivity contribution in [3.05, 3.63) is 96.6 Å². The maximum atomic E-state index is 13.4. The summed E-state index contributed by atoms with van der Waals surface area (Å²) in [6.07, 6.45) is 0. The Morgan fingerprint density at radius 1 is 0.744 bits per heavy atom. The van der Waals surface area contributed by atoms with Crippen LogP contribution in [0.2, 0.25) is 0 Å². The van der Waals surface area contributed by atoms with E-state index in [2.05, 4.69) is 15.4 Å². The lowest BCUT2D eigenvalue weighted by Crippen LogP contribution is -2.29. The summed E-state index contributed by atoms with van der Waals surface area (Å²) in [4.78, 5) is 13.0. The van der Waals surface area contributed by atoms with Crippen LogP contribution in [0, 0.1) is 0 Å². The number of carbonyl (C=O) groups is 1. The molecule has 0 fully saturated rings. The van der Waals surface area contributed by atoms with E-state index < -0.39 is 11.4 Å². The number of amides is 1. The van der Waals surface area contributed by atoms with E-state index in [1.165, 1.54) is 7.11 Å². The van der Waals surface area contributed by atoms with Gasteiger partial charge in [-0.05, 0) is 59.7 Å². The van der Waals surface area contributed by atoms with Gasteiger partial charge in [-0.15, -0.1) is 0 Å². The Labute approximate surface area is 231 Å². The van der Waals surface area contributed by atoms with E-state index in [4.69, 9.17) is 14.2 Å². The zero-order valence-corrected chi connectivity index (χ0v) is 22.8. The molecule has 0 aromatic heterocycles. The van der Waals surface area contributed by atoms with E-state index in [9.17, 15) is 9.35 Å². The minimum Gasteiger partial charge on any atom is -0.588 e. The van der Waals surface area contributed by atoms with Crippen LogP contribution in [0.15, 0.2) is 95.9 Å². The predicted octanol–water partition coefficient (Wildman–Crippen LogP) is 5.36. The molecule has 9 heteroatoms. The summed E-state index contributed by atoms with van der Waals surface area (Å²) in [7, 11) is 4.71. The molecule has 0 aliphatic rings. The lowest BCUT2D eigenvalue weighted by atomic mass is 10.1. The van der Waals surface area contributed by atoms with Gasteiger partial charge in [0, 0.05) is 24.8 Å². The Morgan fingerprint density at radius 3 is 2.28 bits per heavy atom. The van der Waals surface area contributed by atoms with Crippen molar-refractivity contribution < 1.29 is 23.6 Å². The molecule has 4 aromatic carbocycles. The second-order valence-corrected chi connectivity index (χ2v) is 9.61. The summed E-state index contributed by atoms with van der Waals surface area (Å²) in [5.74, 6) is 1.59. The molecule has 0 radical (unpaired) electrons. The zero-order chi connectivity index (χ0) is 27.6. The van der Waals surface area contributed by atoms with Crippen molar-refractivity contribution in [2.24, 2.45) is 0 Å². The van der Waals surface area contributed by atoms with Gasteiger partial charge in [0.05, 0.1) is 32.6 Å². The highest BCUT2D eigenvalue weighted by atomic mass is 32.2. The van der Waals surface area contributed by atoms with Gasteiger partial charge in [-0.25, -0.2) is 4.72 Å². The molecule has 4 aromatic rings. The molecule has 1 unspecified atom stereocenters. The number of carbonyl (C=O) groups excluding carboxylic acids is 1. The van der Waals surface area contributed by atoms with Crippen molar-refractivity contribution in [2.45, 2.75) is 4.90 Å². The first kappa shape index (κ1) is 27.7. The van der Waals surface area contributed by atoms with Crippen LogP contribution in [-0.4, -0.2) is 44.9 Å². The largest absolute Gasteiger partial charge is 0.588 e. The van der Waals surface area contributed by atoms with Crippen LogP contribution in [0.4, 0.5) is 11.4 Å². The van der Waals surface area contributed by atoms with Gasteiger partial charge >= 0.3 is 0 Å². The van der Waals surface area contributed by atoms with Gasteiger partial charge in [0.25, 0.3) is 5.91 Å². The number of ether oxygens (including phenoxy) is 3. The van der Waals surface area contributed by atoms with Crippen molar-refractivity contribution >= 4 is 28.6 Å². The Balaban J connectivity index is 1.38. The third kappa shape index (κ3) is 7.16. The van der Waals surface area contributed by atoms with Crippen molar-refractivity contribution in [3.8, 4) is 28.4 Å². The number of para-hydroxylation sites is 1. The minimum atomic E-state index is -1.59. The topological polar surface area (TPSA) is 104 Å². The van der Waals surface area contributed by atoms with E-state index in [-0.39, 0.29) is 5.91 Å². The summed E-state index contributed by atoms with van der Waals surface area (Å²) >= 11 is -1.59. The van der Waals surface area contributed by atoms with Gasteiger partial charge in [-0.1, -0.05) is 36.4 Å². The molecule has 0 spiro atoms. The van der Waals surface area contributed by atoms with E-state index in [0.29, 0.717) is 40.7 Å². The average Bonchev–Trinajstić information content (AvgIpc) is 2.99. The van der Waals surface area contributed by atoms with Gasteiger partial charge in [0.1, 0.15) is 22.9 Å². The van der Waals surface area contributed by atoms with Gasteiger partial charge < -0.3 is 29.4 Å². The third-order valence-corrected chi connectivity index (χ3v) is 7.07. The van der Waals surface area contributed by atoms with Gasteiger partial charge in [-0.3, -0.25) is 4.79 Å². The summed E-state index contributed by atoms with van der Waals surface area (Å²) in [5.41, 5.74) is 3.81. The molecule has 1 amide bonds. The third-order valence-electron chi connectivity index (χ3n) is 5.93. The molecular formula is C30H31N3O5S. The van der Waals surface area contributed by atoms with Crippen molar-refractivity contribution in [3.63, 3.8) is 0 Å². The molecule has 0 heterocycles. The highest BCUT2D eigenvalue weighted by Gasteiger charge is 2.20. The maximum absolute atomic E-state index is 13.4. The van der Waals surface area contributed by atoms with E-state index in [0.717, 1.165) is 22.6 Å². The van der Waals surface area contributed by atoms with Crippen LogP contribution in [0.25, 0.3) is 11.1 Å². The fourth-order valence-corrected chi connectivity index (χ4v) is 4.99. The Kier molecular flexibility index (Phi) is 9.55. The van der Waals surface area contributed by atoms with Crippen LogP contribution in [0.5, 0.6) is 17.2 Å². The highest BCUT2D eigenvalue weighted by molar-refractivity contribution is 7.92. The zero-order valence-electron chi connectivity index (χ0n) is 22.0. The van der Waals surface area contributed by atoms with Crippen LogP contribution >= 0.6 is 0 Å². The quantitative estimate of drug-likeness (QED) is 0.163. The number of rotatable bonds is 12. The molecule has 0 bridgehead atoms. The van der Waals surface area contributed by atoms with Gasteiger partial charge in [0.15, 0.2) is 5.75 Å². The number of methoxy groups -OCH3 is 3. The maximum Gasteiger partial charge on any atom is 0.255 e. The summed E-state index contributed by atoms with van der Waals surface area (Å²) < 4.78 is 32.5. The molecule has 0 aliphatic carbocycles. The van der Waals surface area contributed by atoms with Crippen molar-refractivity contribution in [1.29, 1.82) is 0 Å². The number of nitrogens with one attached hydrogen (secondary N) is 3.